The lowest BCUT2D eigenvalue weighted by Gasteiger charge is -2.61. The van der Waals surface area contributed by atoms with Crippen LogP contribution in [0.1, 0.15) is 78.1 Å². The molecule has 5 fully saturated rings. The van der Waals surface area contributed by atoms with Gasteiger partial charge in [0.15, 0.2) is 5.79 Å². The van der Waals surface area contributed by atoms with E-state index < -0.39 is 0 Å². The van der Waals surface area contributed by atoms with Gasteiger partial charge in [-0.1, -0.05) is 26.7 Å². The van der Waals surface area contributed by atoms with E-state index in [2.05, 4.69) is 13.8 Å². The molecule has 2 nitrogen and oxygen atoms in total. The summed E-state index contributed by atoms with van der Waals surface area (Å²) in [5.74, 6) is 3.58. The predicted molar refractivity (Wildman–Crippen MR) is 91.0 cm³/mol. The van der Waals surface area contributed by atoms with Crippen molar-refractivity contribution in [3.05, 3.63) is 0 Å². The molecule has 4 aliphatic carbocycles. The minimum atomic E-state index is -0.215. The molecule has 2 heteroatoms. The van der Waals surface area contributed by atoms with Crippen molar-refractivity contribution in [1.82, 2.24) is 0 Å². The van der Waals surface area contributed by atoms with Crippen LogP contribution in [0.4, 0.5) is 0 Å². The molecule has 0 amide bonds. The maximum atomic E-state index is 6.26. The number of fused-ring (bicyclic) bond motifs is 6. The molecule has 5 rings (SSSR count). The third kappa shape index (κ3) is 1.83. The van der Waals surface area contributed by atoms with Crippen LogP contribution in [0.5, 0.6) is 0 Å². The predicted octanol–water partition coefficient (Wildman–Crippen LogP) is 5.16. The Morgan fingerprint density at radius 3 is 2.35 bits per heavy atom. The van der Waals surface area contributed by atoms with Crippen LogP contribution in [-0.2, 0) is 9.47 Å². The fraction of sp³-hybridized carbons (Fsp3) is 1.00. The Morgan fingerprint density at radius 2 is 1.52 bits per heavy atom. The van der Waals surface area contributed by atoms with Gasteiger partial charge in [-0.3, -0.25) is 0 Å². The summed E-state index contributed by atoms with van der Waals surface area (Å²) >= 11 is 0. The van der Waals surface area contributed by atoms with Gasteiger partial charge in [-0.05, 0) is 74.0 Å². The molecule has 4 saturated carbocycles. The van der Waals surface area contributed by atoms with Gasteiger partial charge in [-0.15, -0.1) is 0 Å². The molecule has 0 N–H and O–H groups in total. The second-order valence-corrected chi connectivity index (χ2v) is 9.85. The summed E-state index contributed by atoms with van der Waals surface area (Å²) in [6.07, 6.45) is 14.2. The zero-order valence-electron chi connectivity index (χ0n) is 15.1. The lowest BCUT2D eigenvalue weighted by molar-refractivity contribution is -0.247. The average Bonchev–Trinajstić information content (AvgIpc) is 3.14. The molecule has 23 heavy (non-hydrogen) atoms. The number of hydrogen-bond acceptors (Lipinski definition) is 2. The lowest BCUT2D eigenvalue weighted by atomic mass is 9.45. The molecule has 130 valence electrons. The number of rotatable bonds is 0. The van der Waals surface area contributed by atoms with Gasteiger partial charge in [-0.25, -0.2) is 0 Å². The van der Waals surface area contributed by atoms with Gasteiger partial charge in [0, 0.05) is 11.8 Å². The Hall–Kier alpha value is -0.0800. The van der Waals surface area contributed by atoms with Crippen LogP contribution in [0.15, 0.2) is 0 Å². The molecule has 0 radical (unpaired) electrons. The Labute approximate surface area is 141 Å². The molecule has 5 aliphatic rings. The summed E-state index contributed by atoms with van der Waals surface area (Å²) in [6.45, 7) is 6.82. The summed E-state index contributed by atoms with van der Waals surface area (Å²) in [5, 5.41) is 0. The molecular formula is C21H34O2. The zero-order valence-corrected chi connectivity index (χ0v) is 15.1. The van der Waals surface area contributed by atoms with Crippen molar-refractivity contribution in [2.45, 2.75) is 83.8 Å². The smallest absolute Gasteiger partial charge is 0.174 e. The highest BCUT2D eigenvalue weighted by Gasteiger charge is 2.66. The van der Waals surface area contributed by atoms with Crippen LogP contribution >= 0.6 is 0 Å². The lowest BCUT2D eigenvalue weighted by Crippen LogP contribution is -2.56. The number of ether oxygens (including phenoxy) is 2. The highest BCUT2D eigenvalue weighted by molar-refractivity contribution is 5.12. The van der Waals surface area contributed by atoms with E-state index in [9.17, 15) is 0 Å². The van der Waals surface area contributed by atoms with Crippen LogP contribution in [0.25, 0.3) is 0 Å². The topological polar surface area (TPSA) is 18.5 Å². The van der Waals surface area contributed by atoms with Gasteiger partial charge in [0.1, 0.15) is 0 Å². The summed E-state index contributed by atoms with van der Waals surface area (Å²) in [4.78, 5) is 0. The third-order valence-electron chi connectivity index (χ3n) is 9.38. The molecular weight excluding hydrogens is 284 g/mol. The van der Waals surface area contributed by atoms with Crippen LogP contribution < -0.4 is 0 Å². The van der Waals surface area contributed by atoms with Gasteiger partial charge >= 0.3 is 0 Å². The Balaban J connectivity index is 1.47. The van der Waals surface area contributed by atoms with E-state index in [-0.39, 0.29) is 11.2 Å². The van der Waals surface area contributed by atoms with Gasteiger partial charge in [0.2, 0.25) is 0 Å². The van der Waals surface area contributed by atoms with Crippen molar-refractivity contribution < 1.29 is 9.47 Å². The first kappa shape index (κ1) is 15.2. The monoisotopic (exact) mass is 318 g/mol. The van der Waals surface area contributed by atoms with E-state index in [0.717, 1.165) is 43.3 Å². The van der Waals surface area contributed by atoms with Gasteiger partial charge in [-0.2, -0.15) is 0 Å². The van der Waals surface area contributed by atoms with E-state index in [1.807, 2.05) is 0 Å². The van der Waals surface area contributed by atoms with E-state index in [1.165, 1.54) is 57.8 Å². The normalized spacial score (nSPS) is 54.5. The molecule has 6 atom stereocenters. The summed E-state index contributed by atoms with van der Waals surface area (Å²) in [5.41, 5.74) is 0.929. The van der Waals surface area contributed by atoms with Crippen molar-refractivity contribution in [2.24, 2.45) is 34.5 Å². The second-order valence-electron chi connectivity index (χ2n) is 9.85. The van der Waals surface area contributed by atoms with Crippen LogP contribution in [0, 0.1) is 34.5 Å². The fourth-order valence-electron chi connectivity index (χ4n) is 8.18. The SMILES string of the molecule is C[C@]12CCC3[C@@H](CC[C@H]4CCCC[C@]34C)[C@@H]1CCC21OCCO1. The molecule has 1 heterocycles. The summed E-state index contributed by atoms with van der Waals surface area (Å²) in [6, 6.07) is 0. The highest BCUT2D eigenvalue weighted by atomic mass is 16.7. The molecule has 0 aromatic heterocycles. The van der Waals surface area contributed by atoms with Gasteiger partial charge in [0.05, 0.1) is 13.2 Å². The van der Waals surface area contributed by atoms with E-state index >= 15 is 0 Å². The first-order chi connectivity index (χ1) is 11.1. The van der Waals surface area contributed by atoms with E-state index in [0.29, 0.717) is 5.41 Å². The molecule has 1 aliphatic heterocycles. The molecule has 0 bridgehead atoms. The first-order valence-electron chi connectivity index (χ1n) is 10.4. The molecule has 0 aromatic rings. The van der Waals surface area contributed by atoms with Crippen molar-refractivity contribution in [1.29, 1.82) is 0 Å². The van der Waals surface area contributed by atoms with Crippen molar-refractivity contribution in [3.8, 4) is 0 Å². The quantitative estimate of drug-likeness (QED) is 0.614. The van der Waals surface area contributed by atoms with Gasteiger partial charge in [0.25, 0.3) is 0 Å². The molecule has 1 saturated heterocycles. The molecule has 0 aromatic carbocycles. The fourth-order valence-corrected chi connectivity index (χ4v) is 8.18. The summed E-state index contributed by atoms with van der Waals surface area (Å²) < 4.78 is 12.5. The molecule has 1 unspecified atom stereocenters. The minimum absolute atomic E-state index is 0.215. The Bertz CT molecular complexity index is 482. The van der Waals surface area contributed by atoms with Crippen LogP contribution in [0.2, 0.25) is 0 Å². The standard InChI is InChI=1S/C21H34O2/c1-19-10-4-3-5-15(19)6-7-16-17(19)8-11-20(2)18(16)9-12-21(20)22-13-14-23-21/h15-18H,3-14H2,1-2H3/t15-,16-,17?,18+,19+,20+/m1/s1. The Kier molecular flexibility index (Phi) is 3.29. The zero-order chi connectivity index (χ0) is 15.7. The highest BCUT2D eigenvalue weighted by Crippen LogP contribution is 2.69. The average molecular weight is 319 g/mol. The molecule has 1 spiro atoms. The maximum absolute atomic E-state index is 6.26. The largest absolute Gasteiger partial charge is 0.347 e. The third-order valence-corrected chi connectivity index (χ3v) is 9.38. The van der Waals surface area contributed by atoms with Crippen molar-refractivity contribution >= 4 is 0 Å². The van der Waals surface area contributed by atoms with Crippen molar-refractivity contribution in [2.75, 3.05) is 13.2 Å². The second kappa shape index (κ2) is 4.97. The van der Waals surface area contributed by atoms with Crippen LogP contribution in [-0.4, -0.2) is 19.0 Å². The number of hydrogen-bond donors (Lipinski definition) is 0. The summed E-state index contributed by atoms with van der Waals surface area (Å²) in [7, 11) is 0. The van der Waals surface area contributed by atoms with Crippen molar-refractivity contribution in [3.63, 3.8) is 0 Å². The Morgan fingerprint density at radius 1 is 0.739 bits per heavy atom. The van der Waals surface area contributed by atoms with E-state index in [1.54, 1.807) is 0 Å². The maximum Gasteiger partial charge on any atom is 0.174 e. The van der Waals surface area contributed by atoms with Crippen LogP contribution in [0.3, 0.4) is 0 Å². The first-order valence-corrected chi connectivity index (χ1v) is 10.4. The van der Waals surface area contributed by atoms with E-state index in [4.69, 9.17) is 9.47 Å². The van der Waals surface area contributed by atoms with Gasteiger partial charge < -0.3 is 9.47 Å². The minimum Gasteiger partial charge on any atom is -0.347 e.